The van der Waals surface area contributed by atoms with Gasteiger partial charge in [-0.3, -0.25) is 4.21 Å². The van der Waals surface area contributed by atoms with Gasteiger partial charge in [0.1, 0.15) is 12.4 Å². The highest BCUT2D eigenvalue weighted by atomic mass is 32.2. The summed E-state index contributed by atoms with van der Waals surface area (Å²) < 4.78 is 17.9. The largest absolute Gasteiger partial charge is 0.493 e. The van der Waals surface area contributed by atoms with Gasteiger partial charge in [-0.2, -0.15) is 0 Å². The van der Waals surface area contributed by atoms with Crippen LogP contribution in [0.15, 0.2) is 47.4 Å². The second-order valence-corrected chi connectivity index (χ2v) is 6.28. The van der Waals surface area contributed by atoms with Gasteiger partial charge in [0.05, 0.1) is 16.6 Å². The fourth-order valence-electron chi connectivity index (χ4n) is 1.90. The third kappa shape index (κ3) is 3.84. The predicted molar refractivity (Wildman–Crippen MR) is 83.5 cm³/mol. The Labute approximate surface area is 122 Å². The number of aryl methyl sites for hydroxylation is 2. The molecule has 2 aromatic carbocycles. The molecule has 2 N–H and O–H groups in total. The zero-order chi connectivity index (χ0) is 14.5. The lowest BCUT2D eigenvalue weighted by molar-refractivity contribution is 0.343. The number of anilines is 1. The Hall–Kier alpha value is -1.81. The SMILES string of the molecule is Cc1ccc(C)c(S(=O)CCOc2cccc(N)c2)c1. The molecule has 0 saturated heterocycles. The van der Waals surface area contributed by atoms with Crippen LogP contribution in [0.2, 0.25) is 0 Å². The molecular weight excluding hydrogens is 270 g/mol. The summed E-state index contributed by atoms with van der Waals surface area (Å²) in [5.74, 6) is 1.18. The van der Waals surface area contributed by atoms with Gasteiger partial charge in [0.2, 0.25) is 0 Å². The summed E-state index contributed by atoms with van der Waals surface area (Å²) in [6.45, 7) is 4.39. The van der Waals surface area contributed by atoms with Crippen LogP contribution in [0, 0.1) is 13.8 Å². The molecule has 0 saturated carbocycles. The first-order valence-electron chi connectivity index (χ1n) is 6.50. The van der Waals surface area contributed by atoms with Crippen molar-refractivity contribution in [2.45, 2.75) is 18.7 Å². The summed E-state index contributed by atoms with van der Waals surface area (Å²) in [7, 11) is -1.04. The quantitative estimate of drug-likeness (QED) is 0.861. The minimum absolute atomic E-state index is 0.406. The fraction of sp³-hybridized carbons (Fsp3) is 0.250. The Morgan fingerprint density at radius 1 is 1.15 bits per heavy atom. The summed E-state index contributed by atoms with van der Waals surface area (Å²) in [6, 6.07) is 13.3. The highest BCUT2D eigenvalue weighted by Gasteiger charge is 2.08. The van der Waals surface area contributed by atoms with Crippen LogP contribution in [0.3, 0.4) is 0 Å². The zero-order valence-corrected chi connectivity index (χ0v) is 12.6. The third-order valence-electron chi connectivity index (χ3n) is 2.98. The highest BCUT2D eigenvalue weighted by molar-refractivity contribution is 7.85. The molecular formula is C16H19NO2S. The summed E-state index contributed by atoms with van der Waals surface area (Å²) >= 11 is 0. The molecule has 2 rings (SSSR count). The Morgan fingerprint density at radius 3 is 2.70 bits per heavy atom. The van der Waals surface area contributed by atoms with E-state index in [0.717, 1.165) is 16.0 Å². The Bertz CT molecular complexity index is 626. The summed E-state index contributed by atoms with van der Waals surface area (Å²) in [5.41, 5.74) is 8.52. The van der Waals surface area contributed by atoms with E-state index in [-0.39, 0.29) is 0 Å². The van der Waals surface area contributed by atoms with Gasteiger partial charge in [0.15, 0.2) is 0 Å². The van der Waals surface area contributed by atoms with Crippen LogP contribution in [-0.4, -0.2) is 16.6 Å². The fourth-order valence-corrected chi connectivity index (χ4v) is 3.10. The van der Waals surface area contributed by atoms with Gasteiger partial charge >= 0.3 is 0 Å². The molecule has 0 aliphatic heterocycles. The van der Waals surface area contributed by atoms with Crippen LogP contribution in [0.5, 0.6) is 5.75 Å². The van der Waals surface area contributed by atoms with Crippen molar-refractivity contribution in [1.82, 2.24) is 0 Å². The van der Waals surface area contributed by atoms with Gasteiger partial charge in [-0.25, -0.2) is 0 Å². The van der Waals surface area contributed by atoms with Crippen LogP contribution < -0.4 is 10.5 Å². The average molecular weight is 289 g/mol. The standard InChI is InChI=1S/C16H19NO2S/c1-12-6-7-13(2)16(10-12)20(18)9-8-19-15-5-3-4-14(17)11-15/h3-7,10-11H,8-9,17H2,1-2H3. The van der Waals surface area contributed by atoms with Crippen molar-refractivity contribution < 1.29 is 8.95 Å². The predicted octanol–water partition coefficient (Wildman–Crippen LogP) is 3.07. The Morgan fingerprint density at radius 2 is 1.95 bits per heavy atom. The van der Waals surface area contributed by atoms with E-state index in [1.54, 1.807) is 12.1 Å². The van der Waals surface area contributed by atoms with Crippen molar-refractivity contribution in [3.8, 4) is 5.75 Å². The summed E-state index contributed by atoms with van der Waals surface area (Å²) in [5, 5.41) is 0. The minimum Gasteiger partial charge on any atom is -0.493 e. The highest BCUT2D eigenvalue weighted by Crippen LogP contribution is 2.17. The first kappa shape index (κ1) is 14.6. The molecule has 0 fully saturated rings. The van der Waals surface area contributed by atoms with E-state index < -0.39 is 10.8 Å². The molecule has 0 bridgehead atoms. The lowest BCUT2D eigenvalue weighted by atomic mass is 10.2. The van der Waals surface area contributed by atoms with Crippen LogP contribution in [0.25, 0.3) is 0 Å². The summed E-state index contributed by atoms with van der Waals surface area (Å²) in [4.78, 5) is 0.890. The van der Waals surface area contributed by atoms with Crippen molar-refractivity contribution in [3.05, 3.63) is 53.6 Å². The van der Waals surface area contributed by atoms with Crippen LogP contribution in [0.4, 0.5) is 5.69 Å². The molecule has 0 heterocycles. The molecule has 4 heteroatoms. The number of ether oxygens (including phenoxy) is 1. The number of hydrogen-bond acceptors (Lipinski definition) is 3. The van der Waals surface area contributed by atoms with Crippen molar-refractivity contribution in [3.63, 3.8) is 0 Å². The van der Waals surface area contributed by atoms with Gasteiger partial charge < -0.3 is 10.5 Å². The number of nitrogens with two attached hydrogens (primary N) is 1. The van der Waals surface area contributed by atoms with Crippen LogP contribution >= 0.6 is 0 Å². The first-order chi connectivity index (χ1) is 9.56. The van der Waals surface area contributed by atoms with E-state index in [1.165, 1.54) is 0 Å². The van der Waals surface area contributed by atoms with Gasteiger partial charge in [-0.1, -0.05) is 18.2 Å². The van der Waals surface area contributed by atoms with E-state index in [2.05, 4.69) is 0 Å². The molecule has 0 aliphatic carbocycles. The Kier molecular flexibility index (Phi) is 4.79. The molecule has 0 aromatic heterocycles. The second-order valence-electron chi connectivity index (χ2n) is 4.74. The van der Waals surface area contributed by atoms with Gasteiger partial charge in [0.25, 0.3) is 0 Å². The van der Waals surface area contributed by atoms with E-state index in [1.807, 2.05) is 44.2 Å². The summed E-state index contributed by atoms with van der Waals surface area (Å²) in [6.07, 6.45) is 0. The topological polar surface area (TPSA) is 52.3 Å². The van der Waals surface area contributed by atoms with Gasteiger partial charge in [-0.15, -0.1) is 0 Å². The zero-order valence-electron chi connectivity index (χ0n) is 11.8. The maximum atomic E-state index is 12.3. The average Bonchev–Trinajstić information content (AvgIpc) is 2.41. The minimum atomic E-state index is -1.04. The third-order valence-corrected chi connectivity index (χ3v) is 4.45. The number of hydrogen-bond donors (Lipinski definition) is 1. The second kappa shape index (κ2) is 6.57. The van der Waals surface area contributed by atoms with Crippen molar-refractivity contribution >= 4 is 16.5 Å². The molecule has 0 aliphatic rings. The molecule has 1 atom stereocenters. The van der Waals surface area contributed by atoms with E-state index in [9.17, 15) is 4.21 Å². The number of nitrogen functional groups attached to an aromatic ring is 1. The van der Waals surface area contributed by atoms with E-state index in [0.29, 0.717) is 23.8 Å². The first-order valence-corrected chi connectivity index (χ1v) is 7.82. The number of benzene rings is 2. The normalized spacial score (nSPS) is 12.1. The van der Waals surface area contributed by atoms with Crippen molar-refractivity contribution in [2.24, 2.45) is 0 Å². The van der Waals surface area contributed by atoms with Crippen molar-refractivity contribution in [1.29, 1.82) is 0 Å². The lowest BCUT2D eigenvalue weighted by Crippen LogP contribution is -2.10. The van der Waals surface area contributed by atoms with Crippen molar-refractivity contribution in [2.75, 3.05) is 18.1 Å². The monoisotopic (exact) mass is 289 g/mol. The van der Waals surface area contributed by atoms with Gasteiger partial charge in [0, 0.05) is 16.6 Å². The van der Waals surface area contributed by atoms with Crippen LogP contribution in [-0.2, 0) is 10.8 Å². The van der Waals surface area contributed by atoms with E-state index >= 15 is 0 Å². The Balaban J connectivity index is 1.94. The molecule has 0 radical (unpaired) electrons. The molecule has 2 aromatic rings. The van der Waals surface area contributed by atoms with E-state index in [4.69, 9.17) is 10.5 Å². The molecule has 3 nitrogen and oxygen atoms in total. The molecule has 0 amide bonds. The maximum absolute atomic E-state index is 12.3. The molecule has 0 spiro atoms. The molecule has 20 heavy (non-hydrogen) atoms. The lowest BCUT2D eigenvalue weighted by Gasteiger charge is -2.09. The maximum Gasteiger partial charge on any atom is 0.121 e. The molecule has 1 unspecified atom stereocenters. The molecule has 106 valence electrons. The van der Waals surface area contributed by atoms with Gasteiger partial charge in [-0.05, 0) is 43.2 Å². The van der Waals surface area contributed by atoms with Crippen LogP contribution in [0.1, 0.15) is 11.1 Å². The number of rotatable bonds is 5. The smallest absolute Gasteiger partial charge is 0.121 e.